The molecule has 0 fully saturated rings. The Morgan fingerprint density at radius 3 is 2.92 bits per heavy atom. The largest absolute Gasteiger partial charge is 0.496 e. The molecule has 7 heteroatoms. The summed E-state index contributed by atoms with van der Waals surface area (Å²) in [6, 6.07) is 5.55. The zero-order chi connectivity index (χ0) is 17.1. The molecule has 0 atom stereocenters. The number of methoxy groups -OCH3 is 1. The maximum absolute atomic E-state index is 12.7. The second-order valence-corrected chi connectivity index (χ2v) is 5.77. The van der Waals surface area contributed by atoms with Crippen LogP contribution in [0.15, 0.2) is 24.4 Å². The Hall–Kier alpha value is -2.83. The van der Waals surface area contributed by atoms with Gasteiger partial charge in [-0.15, -0.1) is 0 Å². The van der Waals surface area contributed by atoms with Crippen molar-refractivity contribution in [3.8, 4) is 5.75 Å². The third kappa shape index (κ3) is 3.24. The fourth-order valence-corrected chi connectivity index (χ4v) is 3.02. The van der Waals surface area contributed by atoms with Crippen LogP contribution >= 0.6 is 0 Å². The molecule has 0 radical (unpaired) electrons. The normalized spacial score (nSPS) is 12.7. The molecular weight excluding hydrogens is 308 g/mol. The van der Waals surface area contributed by atoms with Crippen LogP contribution in [-0.4, -0.2) is 28.7 Å². The second-order valence-electron chi connectivity index (χ2n) is 5.77. The van der Waals surface area contributed by atoms with E-state index < -0.39 is 0 Å². The van der Waals surface area contributed by atoms with Gasteiger partial charge in [0.1, 0.15) is 5.75 Å². The second kappa shape index (κ2) is 6.74. The molecule has 0 saturated heterocycles. The highest BCUT2D eigenvalue weighted by Gasteiger charge is 2.23. The maximum atomic E-state index is 12.7. The lowest BCUT2D eigenvalue weighted by molar-refractivity contribution is -0.118. The number of aryl methyl sites for hydroxylation is 2. The predicted octanol–water partition coefficient (Wildman–Crippen LogP) is 1.51. The lowest BCUT2D eigenvalue weighted by atomic mass is 10.0. The first-order valence-corrected chi connectivity index (χ1v) is 7.90. The molecule has 0 unspecified atom stereocenters. The van der Waals surface area contributed by atoms with Gasteiger partial charge >= 0.3 is 0 Å². The minimum absolute atomic E-state index is 0.203. The Morgan fingerprint density at radius 1 is 1.33 bits per heavy atom. The number of anilines is 1. The first kappa shape index (κ1) is 16.0. The highest BCUT2D eigenvalue weighted by molar-refractivity contribution is 6.07. The van der Waals surface area contributed by atoms with E-state index in [1.54, 1.807) is 24.1 Å². The molecule has 1 aliphatic rings. The number of ether oxygens (including phenoxy) is 1. The van der Waals surface area contributed by atoms with E-state index in [1.807, 2.05) is 12.1 Å². The van der Waals surface area contributed by atoms with E-state index in [2.05, 4.69) is 10.4 Å². The number of amides is 2. The van der Waals surface area contributed by atoms with Crippen molar-refractivity contribution in [2.75, 3.05) is 12.4 Å². The maximum Gasteiger partial charge on any atom is 0.260 e. The number of nitrogens with one attached hydrogen (secondary N) is 1. The number of hydrogen-bond acceptors (Lipinski definition) is 4. The number of hydrogen-bond donors (Lipinski definition) is 2. The summed E-state index contributed by atoms with van der Waals surface area (Å²) in [6.45, 7) is 0.384. The van der Waals surface area contributed by atoms with Crippen LogP contribution < -0.4 is 15.8 Å². The van der Waals surface area contributed by atoms with Gasteiger partial charge < -0.3 is 15.8 Å². The van der Waals surface area contributed by atoms with Gasteiger partial charge in [-0.05, 0) is 36.5 Å². The number of benzene rings is 1. The van der Waals surface area contributed by atoms with E-state index in [1.165, 1.54) is 5.56 Å². The fraction of sp³-hybridized carbons (Fsp3) is 0.353. The van der Waals surface area contributed by atoms with Crippen LogP contribution in [0.25, 0.3) is 0 Å². The standard InChI is InChI=1S/C17H20N4O3/c1-24-13-6-5-11-3-2-4-12(11)16(13)17(23)19-15-8-10-21(20-15)9-7-14(18)22/h5-6,8,10H,2-4,7,9H2,1H3,(H2,18,22)(H,19,20,23). The van der Waals surface area contributed by atoms with Crippen molar-refractivity contribution >= 4 is 17.6 Å². The number of nitrogens with zero attached hydrogens (tertiary/aromatic N) is 2. The smallest absolute Gasteiger partial charge is 0.260 e. The summed E-state index contributed by atoms with van der Waals surface area (Å²) in [5, 5.41) is 7.04. The van der Waals surface area contributed by atoms with Gasteiger partial charge in [0.25, 0.3) is 5.91 Å². The van der Waals surface area contributed by atoms with Crippen LogP contribution in [-0.2, 0) is 24.2 Å². The summed E-state index contributed by atoms with van der Waals surface area (Å²) < 4.78 is 6.94. The molecule has 0 bridgehead atoms. The molecule has 3 rings (SSSR count). The van der Waals surface area contributed by atoms with Gasteiger partial charge in [0.05, 0.1) is 12.7 Å². The monoisotopic (exact) mass is 328 g/mol. The number of nitrogens with two attached hydrogens (primary N) is 1. The molecule has 1 heterocycles. The van der Waals surface area contributed by atoms with Gasteiger partial charge in [0.15, 0.2) is 5.82 Å². The minimum atomic E-state index is -0.388. The Balaban J connectivity index is 1.78. The summed E-state index contributed by atoms with van der Waals surface area (Å²) in [7, 11) is 1.56. The zero-order valence-electron chi connectivity index (χ0n) is 13.5. The van der Waals surface area contributed by atoms with Crippen LogP contribution in [0.4, 0.5) is 5.82 Å². The fourth-order valence-electron chi connectivity index (χ4n) is 3.02. The average molecular weight is 328 g/mol. The van der Waals surface area contributed by atoms with Gasteiger partial charge in [-0.25, -0.2) is 0 Å². The molecule has 24 heavy (non-hydrogen) atoms. The third-order valence-electron chi connectivity index (χ3n) is 4.16. The summed E-state index contributed by atoms with van der Waals surface area (Å²) in [4.78, 5) is 23.5. The van der Waals surface area contributed by atoms with Gasteiger partial charge in [0, 0.05) is 25.2 Å². The predicted molar refractivity (Wildman–Crippen MR) is 89.0 cm³/mol. The Kier molecular flexibility index (Phi) is 4.50. The van der Waals surface area contributed by atoms with Crippen molar-refractivity contribution in [1.82, 2.24) is 9.78 Å². The molecule has 7 nitrogen and oxygen atoms in total. The minimum Gasteiger partial charge on any atom is -0.496 e. The average Bonchev–Trinajstić information content (AvgIpc) is 3.20. The highest BCUT2D eigenvalue weighted by Crippen LogP contribution is 2.32. The van der Waals surface area contributed by atoms with Gasteiger partial charge in [-0.1, -0.05) is 6.07 Å². The van der Waals surface area contributed by atoms with Gasteiger partial charge in [-0.3, -0.25) is 14.3 Å². The molecule has 0 saturated carbocycles. The molecule has 1 aromatic heterocycles. The third-order valence-corrected chi connectivity index (χ3v) is 4.16. The van der Waals surface area contributed by atoms with Crippen LogP contribution in [0.2, 0.25) is 0 Å². The molecular formula is C17H20N4O3. The molecule has 0 spiro atoms. The number of carbonyl (C=O) groups is 2. The Bertz CT molecular complexity index is 782. The summed E-state index contributed by atoms with van der Waals surface area (Å²) in [5.41, 5.74) is 7.96. The number of fused-ring (bicyclic) bond motifs is 1. The van der Waals surface area contributed by atoms with E-state index in [0.29, 0.717) is 23.7 Å². The molecule has 1 aliphatic carbocycles. The van der Waals surface area contributed by atoms with E-state index >= 15 is 0 Å². The summed E-state index contributed by atoms with van der Waals surface area (Å²) >= 11 is 0. The van der Waals surface area contributed by atoms with E-state index in [9.17, 15) is 9.59 Å². The quantitative estimate of drug-likeness (QED) is 0.839. The lowest BCUT2D eigenvalue weighted by Gasteiger charge is -2.13. The van der Waals surface area contributed by atoms with Crippen LogP contribution in [0.3, 0.4) is 0 Å². The Labute approximate surface area is 139 Å². The molecule has 0 aliphatic heterocycles. The number of primary amides is 1. The van der Waals surface area contributed by atoms with Crippen molar-refractivity contribution in [2.24, 2.45) is 5.73 Å². The van der Waals surface area contributed by atoms with Crippen molar-refractivity contribution in [3.05, 3.63) is 41.1 Å². The van der Waals surface area contributed by atoms with Crippen molar-refractivity contribution in [2.45, 2.75) is 32.2 Å². The molecule has 2 amide bonds. The van der Waals surface area contributed by atoms with E-state index in [0.717, 1.165) is 24.8 Å². The number of carbonyl (C=O) groups excluding carboxylic acids is 2. The van der Waals surface area contributed by atoms with E-state index in [4.69, 9.17) is 10.5 Å². The van der Waals surface area contributed by atoms with Crippen molar-refractivity contribution < 1.29 is 14.3 Å². The van der Waals surface area contributed by atoms with Crippen LogP contribution in [0, 0.1) is 0 Å². The van der Waals surface area contributed by atoms with Gasteiger partial charge in [0.2, 0.25) is 5.91 Å². The van der Waals surface area contributed by atoms with Crippen molar-refractivity contribution in [1.29, 1.82) is 0 Å². The zero-order valence-corrected chi connectivity index (χ0v) is 13.5. The molecule has 126 valence electrons. The van der Waals surface area contributed by atoms with E-state index in [-0.39, 0.29) is 18.2 Å². The first-order valence-electron chi connectivity index (χ1n) is 7.90. The Morgan fingerprint density at radius 2 is 2.17 bits per heavy atom. The first-order chi connectivity index (χ1) is 11.6. The van der Waals surface area contributed by atoms with Crippen LogP contribution in [0.5, 0.6) is 5.75 Å². The van der Waals surface area contributed by atoms with Crippen LogP contribution in [0.1, 0.15) is 34.3 Å². The molecule has 3 N–H and O–H groups in total. The highest BCUT2D eigenvalue weighted by atomic mass is 16.5. The summed E-state index contributed by atoms with van der Waals surface area (Å²) in [6.07, 6.45) is 4.81. The topological polar surface area (TPSA) is 99.2 Å². The molecule has 1 aromatic carbocycles. The lowest BCUT2D eigenvalue weighted by Crippen LogP contribution is -2.17. The SMILES string of the molecule is COc1ccc2c(c1C(=O)Nc1ccn(CCC(N)=O)n1)CCC2. The number of rotatable bonds is 6. The van der Waals surface area contributed by atoms with Gasteiger partial charge in [-0.2, -0.15) is 5.10 Å². The number of aromatic nitrogens is 2. The molecule has 2 aromatic rings. The van der Waals surface area contributed by atoms with Crippen molar-refractivity contribution in [3.63, 3.8) is 0 Å². The summed E-state index contributed by atoms with van der Waals surface area (Å²) in [5.74, 6) is 0.384.